The fourth-order valence-corrected chi connectivity index (χ4v) is 4.05. The Bertz CT molecular complexity index is 541. The van der Waals surface area contributed by atoms with Gasteiger partial charge in [0.05, 0.1) is 10.5 Å². The van der Waals surface area contributed by atoms with E-state index in [1.807, 2.05) is 13.8 Å². The van der Waals surface area contributed by atoms with E-state index in [4.69, 9.17) is 0 Å². The first-order chi connectivity index (χ1) is 10.5. The molecule has 4 nitrogen and oxygen atoms in total. The first-order valence-corrected chi connectivity index (χ1v) is 10.3. The first kappa shape index (κ1) is 19.2. The zero-order valence-corrected chi connectivity index (χ0v) is 14.9. The number of benzene rings is 1. The summed E-state index contributed by atoms with van der Waals surface area (Å²) in [6.45, 7) is 4.03. The average molecular weight is 346 g/mol. The molecular formula is C16H25O4S2. The summed E-state index contributed by atoms with van der Waals surface area (Å²) < 4.78 is 46.0. The Balaban J connectivity index is 3.09. The van der Waals surface area contributed by atoms with Gasteiger partial charge in [-0.15, -0.1) is 0 Å². The molecule has 2 unspecified atom stereocenters. The van der Waals surface area contributed by atoms with E-state index in [0.717, 1.165) is 25.7 Å². The summed E-state index contributed by atoms with van der Waals surface area (Å²) in [4.78, 5) is 0. The van der Waals surface area contributed by atoms with E-state index in [-0.39, 0.29) is 0 Å². The predicted octanol–water partition coefficient (Wildman–Crippen LogP) is 3.17. The second kappa shape index (κ2) is 10.0. The van der Waals surface area contributed by atoms with Crippen LogP contribution in [0.3, 0.4) is 0 Å². The minimum Gasteiger partial charge on any atom is -0.231 e. The van der Waals surface area contributed by atoms with Crippen LogP contribution in [0, 0.1) is 6.07 Å². The van der Waals surface area contributed by atoms with Crippen LogP contribution >= 0.6 is 0 Å². The van der Waals surface area contributed by atoms with Crippen molar-refractivity contribution in [3.63, 3.8) is 0 Å². The van der Waals surface area contributed by atoms with Crippen LogP contribution < -0.4 is 0 Å². The SMILES string of the molecule is CCCCC(c1c[c]cc(C(CCCC)[SH](=O)=O)c1)[SH](=O)=O. The molecule has 0 spiro atoms. The Kier molecular flexibility index (Phi) is 8.71. The number of thiol groups is 2. The number of hydrogen-bond acceptors (Lipinski definition) is 4. The molecule has 22 heavy (non-hydrogen) atoms. The monoisotopic (exact) mass is 345 g/mol. The van der Waals surface area contributed by atoms with Crippen molar-refractivity contribution >= 4 is 21.4 Å². The van der Waals surface area contributed by atoms with Crippen LogP contribution in [0.4, 0.5) is 0 Å². The van der Waals surface area contributed by atoms with E-state index < -0.39 is 31.9 Å². The molecule has 1 rings (SSSR count). The van der Waals surface area contributed by atoms with E-state index >= 15 is 0 Å². The van der Waals surface area contributed by atoms with Gasteiger partial charge in [0.25, 0.3) is 0 Å². The van der Waals surface area contributed by atoms with E-state index in [9.17, 15) is 16.8 Å². The zero-order chi connectivity index (χ0) is 16.5. The number of hydrogen-bond donors (Lipinski definition) is 2. The van der Waals surface area contributed by atoms with Crippen molar-refractivity contribution in [1.82, 2.24) is 0 Å². The molecule has 0 heterocycles. The van der Waals surface area contributed by atoms with Crippen molar-refractivity contribution in [1.29, 1.82) is 0 Å². The van der Waals surface area contributed by atoms with Crippen LogP contribution in [0.2, 0.25) is 0 Å². The average Bonchev–Trinajstić information content (AvgIpc) is 2.48. The van der Waals surface area contributed by atoms with Gasteiger partial charge >= 0.3 is 0 Å². The second-order valence-corrected chi connectivity index (χ2v) is 7.87. The molecule has 0 N–H and O–H groups in total. The summed E-state index contributed by atoms with van der Waals surface area (Å²) >= 11 is 0. The Morgan fingerprint density at radius 3 is 1.59 bits per heavy atom. The third-order valence-electron chi connectivity index (χ3n) is 3.77. The third-order valence-corrected chi connectivity index (χ3v) is 5.90. The largest absolute Gasteiger partial charge is 0.231 e. The van der Waals surface area contributed by atoms with Gasteiger partial charge in [0, 0.05) is 0 Å². The molecule has 6 heteroatoms. The van der Waals surface area contributed by atoms with Crippen molar-refractivity contribution in [2.24, 2.45) is 0 Å². The van der Waals surface area contributed by atoms with Gasteiger partial charge in [0.2, 0.25) is 0 Å². The lowest BCUT2D eigenvalue weighted by Gasteiger charge is -2.15. The molecule has 0 aliphatic carbocycles. The van der Waals surface area contributed by atoms with Gasteiger partial charge in [-0.25, -0.2) is 16.8 Å². The van der Waals surface area contributed by atoms with Gasteiger partial charge in [0.15, 0.2) is 0 Å². The van der Waals surface area contributed by atoms with Gasteiger partial charge in [0.1, 0.15) is 21.4 Å². The molecule has 0 bridgehead atoms. The minimum absolute atomic E-state index is 0.553. The number of rotatable bonds is 10. The van der Waals surface area contributed by atoms with Crippen LogP contribution in [-0.2, 0) is 21.4 Å². The highest BCUT2D eigenvalue weighted by molar-refractivity contribution is 7.73. The van der Waals surface area contributed by atoms with Crippen molar-refractivity contribution in [2.75, 3.05) is 0 Å². The van der Waals surface area contributed by atoms with Crippen LogP contribution in [0.15, 0.2) is 18.2 Å². The van der Waals surface area contributed by atoms with E-state index in [0.29, 0.717) is 24.0 Å². The van der Waals surface area contributed by atoms with E-state index in [1.54, 1.807) is 18.2 Å². The highest BCUT2D eigenvalue weighted by atomic mass is 32.2. The summed E-state index contributed by atoms with van der Waals surface area (Å²) in [6, 6.07) is 7.96. The molecule has 1 aromatic rings. The van der Waals surface area contributed by atoms with Gasteiger partial charge in [-0.05, 0) is 42.2 Å². The quantitative estimate of drug-likeness (QED) is 0.639. The molecule has 2 atom stereocenters. The second-order valence-electron chi connectivity index (χ2n) is 5.49. The maximum Gasteiger partial charge on any atom is 0.147 e. The van der Waals surface area contributed by atoms with Gasteiger partial charge < -0.3 is 0 Å². The van der Waals surface area contributed by atoms with Gasteiger partial charge in [-0.2, -0.15) is 0 Å². The highest BCUT2D eigenvalue weighted by Crippen LogP contribution is 2.28. The molecular weight excluding hydrogens is 320 g/mol. The predicted molar refractivity (Wildman–Crippen MR) is 90.4 cm³/mol. The zero-order valence-electron chi connectivity index (χ0n) is 13.2. The molecule has 0 saturated heterocycles. The summed E-state index contributed by atoms with van der Waals surface area (Å²) in [5.41, 5.74) is 1.31. The fourth-order valence-electron chi connectivity index (χ4n) is 2.48. The van der Waals surface area contributed by atoms with Crippen LogP contribution in [-0.4, -0.2) is 16.8 Å². The molecule has 0 aliphatic heterocycles. The molecule has 0 amide bonds. The van der Waals surface area contributed by atoms with Crippen molar-refractivity contribution in [2.45, 2.75) is 62.9 Å². The summed E-state index contributed by atoms with van der Waals surface area (Å²) in [6.07, 6.45) is 4.63. The normalized spacial score (nSPS) is 14.4. The standard InChI is InChI=1S/C16H25O4S2/c1-3-5-10-15(21(17)18)13-8-7-9-14(12-13)16(22(19)20)11-6-4-2/h8-9,12,15-16,21-22H,3-6,10-11H2,1-2H3. The van der Waals surface area contributed by atoms with E-state index in [1.165, 1.54) is 0 Å². The topological polar surface area (TPSA) is 68.3 Å². The number of unbranched alkanes of at least 4 members (excludes halogenated alkanes) is 2. The Hall–Kier alpha value is -0.880. The Morgan fingerprint density at radius 2 is 1.27 bits per heavy atom. The maximum atomic E-state index is 11.5. The third kappa shape index (κ3) is 5.72. The smallest absolute Gasteiger partial charge is 0.147 e. The first-order valence-electron chi connectivity index (χ1n) is 7.79. The molecule has 125 valence electrons. The van der Waals surface area contributed by atoms with Crippen LogP contribution in [0.25, 0.3) is 0 Å². The van der Waals surface area contributed by atoms with Crippen LogP contribution in [0.1, 0.15) is 74.0 Å². The molecule has 0 aromatic heterocycles. The summed E-state index contributed by atoms with van der Waals surface area (Å²) in [7, 11) is -5.16. The maximum absolute atomic E-state index is 11.5. The van der Waals surface area contributed by atoms with E-state index in [2.05, 4.69) is 6.07 Å². The lowest BCUT2D eigenvalue weighted by atomic mass is 10.0. The molecule has 1 radical (unpaired) electrons. The minimum atomic E-state index is -2.58. The molecule has 0 aliphatic rings. The van der Waals surface area contributed by atoms with Crippen molar-refractivity contribution in [3.05, 3.63) is 35.4 Å². The van der Waals surface area contributed by atoms with Crippen molar-refractivity contribution in [3.8, 4) is 0 Å². The lowest BCUT2D eigenvalue weighted by molar-refractivity contribution is 0.586. The summed E-state index contributed by atoms with van der Waals surface area (Å²) in [5.74, 6) is 0. The van der Waals surface area contributed by atoms with Gasteiger partial charge in [-0.1, -0.05) is 45.6 Å². The highest BCUT2D eigenvalue weighted by Gasteiger charge is 2.18. The summed E-state index contributed by atoms with van der Waals surface area (Å²) in [5, 5.41) is -1.11. The molecule has 1 aromatic carbocycles. The van der Waals surface area contributed by atoms with Crippen LogP contribution in [0.5, 0.6) is 0 Å². The van der Waals surface area contributed by atoms with Gasteiger partial charge in [-0.3, -0.25) is 0 Å². The fraction of sp³-hybridized carbons (Fsp3) is 0.625. The lowest BCUT2D eigenvalue weighted by Crippen LogP contribution is -2.05. The van der Waals surface area contributed by atoms with Crippen molar-refractivity contribution < 1.29 is 16.8 Å². The Morgan fingerprint density at radius 1 is 0.864 bits per heavy atom. The molecule has 0 fully saturated rings. The Labute approximate surface area is 136 Å². The molecule has 0 saturated carbocycles.